The number of aromatic nitrogens is 3. The minimum absolute atomic E-state index is 0.275. The molecule has 0 atom stereocenters. The van der Waals surface area contributed by atoms with Crippen LogP contribution in [0.1, 0.15) is 26.5 Å². The summed E-state index contributed by atoms with van der Waals surface area (Å²) in [6.45, 7) is 6.64. The molecule has 0 unspecified atom stereocenters. The van der Waals surface area contributed by atoms with Crippen LogP contribution in [0.2, 0.25) is 0 Å². The van der Waals surface area contributed by atoms with E-state index in [1.807, 2.05) is 6.20 Å². The largest absolute Gasteiger partial charge is 0.343 e. The first-order valence-electron chi connectivity index (χ1n) is 4.83. The van der Waals surface area contributed by atoms with Crippen LogP contribution in [0.4, 0.5) is 0 Å². The van der Waals surface area contributed by atoms with Gasteiger partial charge in [-0.3, -0.25) is 4.98 Å². The van der Waals surface area contributed by atoms with Crippen molar-refractivity contribution in [2.75, 3.05) is 0 Å². The van der Waals surface area contributed by atoms with Crippen molar-refractivity contribution in [1.82, 2.24) is 15.0 Å². The first kappa shape index (κ1) is 9.19. The highest BCUT2D eigenvalue weighted by Crippen LogP contribution is 2.20. The van der Waals surface area contributed by atoms with E-state index in [1.54, 1.807) is 6.33 Å². The molecule has 3 nitrogen and oxygen atoms in total. The van der Waals surface area contributed by atoms with E-state index in [-0.39, 0.29) is 5.41 Å². The van der Waals surface area contributed by atoms with Gasteiger partial charge in [0.15, 0.2) is 0 Å². The Morgan fingerprint density at radius 3 is 2.79 bits per heavy atom. The molecule has 3 heteroatoms. The normalized spacial score (nSPS) is 12.2. The van der Waals surface area contributed by atoms with E-state index in [0.717, 1.165) is 23.1 Å². The van der Waals surface area contributed by atoms with Crippen LogP contribution < -0.4 is 0 Å². The Bertz CT molecular complexity index is 437. The van der Waals surface area contributed by atoms with Gasteiger partial charge >= 0.3 is 0 Å². The second-order valence-electron chi connectivity index (χ2n) is 4.83. The molecule has 2 aromatic heterocycles. The summed E-state index contributed by atoms with van der Waals surface area (Å²) in [5, 5.41) is 0. The molecule has 0 radical (unpaired) electrons. The Kier molecular flexibility index (Phi) is 2.02. The summed E-state index contributed by atoms with van der Waals surface area (Å²) in [6.07, 6.45) is 4.53. The summed E-state index contributed by atoms with van der Waals surface area (Å²) < 4.78 is 0. The molecule has 2 heterocycles. The summed E-state index contributed by atoms with van der Waals surface area (Å²) in [7, 11) is 0. The lowest BCUT2D eigenvalue weighted by Crippen LogP contribution is -2.10. The molecule has 0 amide bonds. The third-order valence-corrected chi connectivity index (χ3v) is 2.07. The third kappa shape index (κ3) is 1.92. The van der Waals surface area contributed by atoms with E-state index in [0.29, 0.717) is 0 Å². The van der Waals surface area contributed by atoms with Gasteiger partial charge < -0.3 is 4.98 Å². The number of pyridine rings is 1. The fourth-order valence-corrected chi connectivity index (χ4v) is 1.52. The Labute approximate surface area is 83.6 Å². The van der Waals surface area contributed by atoms with Crippen molar-refractivity contribution in [3.05, 3.63) is 24.3 Å². The number of hydrogen-bond donors (Lipinski definition) is 1. The number of H-pyrrole nitrogens is 1. The second kappa shape index (κ2) is 3.08. The Hall–Kier alpha value is -1.38. The Morgan fingerprint density at radius 1 is 1.29 bits per heavy atom. The van der Waals surface area contributed by atoms with Crippen molar-refractivity contribution in [1.29, 1.82) is 0 Å². The number of hydrogen-bond acceptors (Lipinski definition) is 2. The molecule has 0 saturated carbocycles. The molecule has 2 rings (SSSR count). The van der Waals surface area contributed by atoms with Crippen molar-refractivity contribution < 1.29 is 0 Å². The number of rotatable bonds is 1. The zero-order valence-electron chi connectivity index (χ0n) is 8.83. The van der Waals surface area contributed by atoms with Gasteiger partial charge in [-0.2, -0.15) is 0 Å². The quantitative estimate of drug-likeness (QED) is 0.749. The topological polar surface area (TPSA) is 41.6 Å². The summed E-state index contributed by atoms with van der Waals surface area (Å²) in [5.74, 6) is 0. The fourth-order valence-electron chi connectivity index (χ4n) is 1.52. The molecule has 0 aliphatic heterocycles. The minimum Gasteiger partial charge on any atom is -0.343 e. The van der Waals surface area contributed by atoms with Gasteiger partial charge in [0.1, 0.15) is 0 Å². The maximum atomic E-state index is 4.39. The predicted molar refractivity (Wildman–Crippen MR) is 57.0 cm³/mol. The molecule has 0 aromatic carbocycles. The first-order valence-corrected chi connectivity index (χ1v) is 4.83. The molecule has 74 valence electrons. The average Bonchev–Trinajstić information content (AvgIpc) is 2.47. The van der Waals surface area contributed by atoms with Crippen LogP contribution in [-0.4, -0.2) is 15.0 Å². The van der Waals surface area contributed by atoms with Crippen LogP contribution in [0.25, 0.3) is 11.0 Å². The maximum Gasteiger partial charge on any atom is 0.0932 e. The van der Waals surface area contributed by atoms with E-state index < -0.39 is 0 Å². The smallest absolute Gasteiger partial charge is 0.0932 e. The van der Waals surface area contributed by atoms with Crippen LogP contribution in [0, 0.1) is 5.41 Å². The highest BCUT2D eigenvalue weighted by atomic mass is 14.9. The van der Waals surface area contributed by atoms with E-state index >= 15 is 0 Å². The summed E-state index contributed by atoms with van der Waals surface area (Å²) in [6, 6.07) is 2.05. The standard InChI is InChI=1S/C11H15N3/c1-11(2,3)5-8-4-9-10(6-12-8)14-7-13-9/h4,6-7H,5H2,1-3H3,(H,13,14). The molecular weight excluding hydrogens is 174 g/mol. The molecule has 0 aliphatic rings. The average molecular weight is 189 g/mol. The van der Waals surface area contributed by atoms with Crippen LogP contribution in [-0.2, 0) is 6.42 Å². The van der Waals surface area contributed by atoms with E-state index in [2.05, 4.69) is 41.8 Å². The number of imidazole rings is 1. The number of aromatic amines is 1. The molecule has 1 N–H and O–H groups in total. The SMILES string of the molecule is CC(C)(C)Cc1cc2nc[nH]c2cn1. The molecule has 0 saturated heterocycles. The fraction of sp³-hybridized carbons (Fsp3) is 0.455. The Balaban J connectivity index is 2.35. The number of nitrogens with zero attached hydrogens (tertiary/aromatic N) is 2. The van der Waals surface area contributed by atoms with Crippen molar-refractivity contribution in [2.24, 2.45) is 5.41 Å². The minimum atomic E-state index is 0.275. The molecule has 0 fully saturated rings. The second-order valence-corrected chi connectivity index (χ2v) is 4.83. The van der Waals surface area contributed by atoms with Gasteiger partial charge in [0.25, 0.3) is 0 Å². The van der Waals surface area contributed by atoms with Crippen LogP contribution >= 0.6 is 0 Å². The van der Waals surface area contributed by atoms with E-state index in [4.69, 9.17) is 0 Å². The van der Waals surface area contributed by atoms with E-state index in [9.17, 15) is 0 Å². The highest BCUT2D eigenvalue weighted by molar-refractivity contribution is 5.73. The lowest BCUT2D eigenvalue weighted by atomic mass is 9.90. The van der Waals surface area contributed by atoms with Crippen molar-refractivity contribution in [3.63, 3.8) is 0 Å². The Morgan fingerprint density at radius 2 is 2.07 bits per heavy atom. The predicted octanol–water partition coefficient (Wildman–Crippen LogP) is 2.55. The summed E-state index contributed by atoms with van der Waals surface area (Å²) >= 11 is 0. The van der Waals surface area contributed by atoms with Gasteiger partial charge in [0, 0.05) is 5.69 Å². The van der Waals surface area contributed by atoms with E-state index in [1.165, 1.54) is 0 Å². The van der Waals surface area contributed by atoms with Gasteiger partial charge in [0.2, 0.25) is 0 Å². The monoisotopic (exact) mass is 189 g/mol. The van der Waals surface area contributed by atoms with Gasteiger partial charge in [-0.1, -0.05) is 20.8 Å². The molecule has 0 bridgehead atoms. The van der Waals surface area contributed by atoms with Gasteiger partial charge in [-0.05, 0) is 17.9 Å². The zero-order valence-corrected chi connectivity index (χ0v) is 8.83. The van der Waals surface area contributed by atoms with Gasteiger partial charge in [-0.25, -0.2) is 4.98 Å². The highest BCUT2D eigenvalue weighted by Gasteiger charge is 2.12. The molecule has 0 aliphatic carbocycles. The number of nitrogens with one attached hydrogen (secondary N) is 1. The van der Waals surface area contributed by atoms with Gasteiger partial charge in [-0.15, -0.1) is 0 Å². The third-order valence-electron chi connectivity index (χ3n) is 2.07. The molecule has 2 aromatic rings. The van der Waals surface area contributed by atoms with Crippen LogP contribution in [0.3, 0.4) is 0 Å². The van der Waals surface area contributed by atoms with Gasteiger partial charge in [0.05, 0.1) is 23.6 Å². The molecule has 14 heavy (non-hydrogen) atoms. The maximum absolute atomic E-state index is 4.39. The summed E-state index contributed by atoms with van der Waals surface area (Å²) in [5.41, 5.74) is 3.38. The molecular formula is C11H15N3. The van der Waals surface area contributed by atoms with Crippen molar-refractivity contribution in [2.45, 2.75) is 27.2 Å². The number of fused-ring (bicyclic) bond motifs is 1. The zero-order chi connectivity index (χ0) is 10.2. The first-order chi connectivity index (χ1) is 6.54. The summed E-state index contributed by atoms with van der Waals surface area (Å²) in [4.78, 5) is 11.6. The van der Waals surface area contributed by atoms with Crippen LogP contribution in [0.15, 0.2) is 18.6 Å². The lowest BCUT2D eigenvalue weighted by molar-refractivity contribution is 0.406. The molecule has 0 spiro atoms. The van der Waals surface area contributed by atoms with Crippen LogP contribution in [0.5, 0.6) is 0 Å². The lowest BCUT2D eigenvalue weighted by Gasteiger charge is -2.16. The van der Waals surface area contributed by atoms with Crippen molar-refractivity contribution in [3.8, 4) is 0 Å². The van der Waals surface area contributed by atoms with Crippen molar-refractivity contribution >= 4 is 11.0 Å².